The third kappa shape index (κ3) is 5.84. The van der Waals surface area contributed by atoms with Crippen molar-refractivity contribution in [2.45, 2.75) is 31.8 Å². The molecule has 3 heterocycles. The summed E-state index contributed by atoms with van der Waals surface area (Å²) >= 11 is 1.99. The van der Waals surface area contributed by atoms with Crippen molar-refractivity contribution >= 4 is 23.8 Å². The number of hydrogen-bond acceptors (Lipinski definition) is 7. The van der Waals surface area contributed by atoms with Crippen molar-refractivity contribution in [3.8, 4) is 0 Å². The monoisotopic (exact) mass is 469 g/mol. The number of fused-ring (bicyclic) bond motifs is 1. The molecule has 0 aromatic carbocycles. The molecular weight excluding hydrogens is 430 g/mol. The molecule has 3 aliphatic heterocycles. The Morgan fingerprint density at radius 3 is 2.73 bits per heavy atom. The third-order valence-corrected chi connectivity index (χ3v) is 8.54. The lowest BCUT2D eigenvalue weighted by molar-refractivity contribution is 0.142. The summed E-state index contributed by atoms with van der Waals surface area (Å²) in [6.07, 6.45) is 14.4. The van der Waals surface area contributed by atoms with Gasteiger partial charge in [0, 0.05) is 80.5 Å². The Bertz CT molecular complexity index is 847. The van der Waals surface area contributed by atoms with Crippen molar-refractivity contribution < 1.29 is 0 Å². The smallest absolute Gasteiger partial charge is 0.124 e. The molecule has 4 rings (SSSR count). The van der Waals surface area contributed by atoms with E-state index >= 15 is 0 Å². The molecule has 0 radical (unpaired) electrons. The van der Waals surface area contributed by atoms with Crippen LogP contribution >= 0.6 is 11.8 Å². The first-order valence-corrected chi connectivity index (χ1v) is 13.3. The molecule has 0 aromatic rings. The molecule has 4 unspecified atom stereocenters. The van der Waals surface area contributed by atoms with Gasteiger partial charge in [-0.1, -0.05) is 18.2 Å². The van der Waals surface area contributed by atoms with Crippen LogP contribution in [-0.4, -0.2) is 90.1 Å². The van der Waals surface area contributed by atoms with Gasteiger partial charge in [0.05, 0.1) is 0 Å². The number of likely N-dealkylation sites (tertiary alicyclic amines) is 1. The highest BCUT2D eigenvalue weighted by atomic mass is 32.2. The molecule has 1 aliphatic carbocycles. The number of rotatable bonds is 6. The Labute approximate surface area is 202 Å². The molecule has 4 atom stereocenters. The molecule has 33 heavy (non-hydrogen) atoms. The summed E-state index contributed by atoms with van der Waals surface area (Å²) < 4.78 is 0. The molecule has 7 nitrogen and oxygen atoms in total. The quantitative estimate of drug-likeness (QED) is 0.353. The van der Waals surface area contributed by atoms with Gasteiger partial charge in [-0.3, -0.25) is 5.41 Å². The molecule has 180 valence electrons. The van der Waals surface area contributed by atoms with Crippen LogP contribution in [0.2, 0.25) is 0 Å². The molecule has 5 N–H and O–H groups in total. The predicted molar refractivity (Wildman–Crippen MR) is 140 cm³/mol. The lowest BCUT2D eigenvalue weighted by Crippen LogP contribution is -2.48. The topological polar surface area (TPSA) is 95.5 Å². The fraction of sp³-hybridized carbons (Fsp3) is 0.600. The standard InChI is InChI=1S/C25H39N7S/c1-18-11-19-3-4-20(22(14-26)15-29-23-5-10-33-17-23)12-21(19)16-32(18)25(28)13-24(27)31-8-6-30(2)7-9-31/h3-4,12-15,18-19,21,23,26-27,29H,5-11,16-17,28H2,1-2H3/b22-15+,25-13+,26-14?,27-24?. The first-order valence-electron chi connectivity index (χ1n) is 12.1. The van der Waals surface area contributed by atoms with Gasteiger partial charge in [-0.05, 0) is 44.1 Å². The van der Waals surface area contributed by atoms with Crippen molar-refractivity contribution in [1.82, 2.24) is 20.0 Å². The Balaban J connectivity index is 1.43. The zero-order chi connectivity index (χ0) is 23.4. The highest BCUT2D eigenvalue weighted by Gasteiger charge is 2.33. The van der Waals surface area contributed by atoms with E-state index < -0.39 is 0 Å². The third-order valence-electron chi connectivity index (χ3n) is 7.37. The van der Waals surface area contributed by atoms with Crippen LogP contribution in [0, 0.1) is 22.7 Å². The van der Waals surface area contributed by atoms with Crippen LogP contribution in [0.4, 0.5) is 0 Å². The summed E-state index contributed by atoms with van der Waals surface area (Å²) in [7, 11) is 2.13. The Hall–Kier alpha value is -2.19. The van der Waals surface area contributed by atoms with Crippen LogP contribution in [0.1, 0.15) is 19.8 Å². The number of amidine groups is 1. The fourth-order valence-corrected chi connectivity index (χ4v) is 6.31. The average molecular weight is 470 g/mol. The molecule has 0 saturated carbocycles. The van der Waals surface area contributed by atoms with E-state index in [1.165, 1.54) is 18.4 Å². The minimum atomic E-state index is 0.335. The minimum absolute atomic E-state index is 0.335. The van der Waals surface area contributed by atoms with Crippen molar-refractivity contribution in [2.75, 3.05) is 51.3 Å². The SMILES string of the molecule is CC1CC2C=CC(/C(C=N)=C/NC3CCSC3)=CC2CN1/C(N)=C/C(=N)N1CCN(C)CC1. The second-order valence-corrected chi connectivity index (χ2v) is 10.9. The molecule has 0 amide bonds. The zero-order valence-electron chi connectivity index (χ0n) is 20.0. The Morgan fingerprint density at radius 2 is 2.03 bits per heavy atom. The van der Waals surface area contributed by atoms with E-state index in [0.29, 0.717) is 35.6 Å². The van der Waals surface area contributed by atoms with Crippen LogP contribution < -0.4 is 11.1 Å². The average Bonchev–Trinajstić information content (AvgIpc) is 3.33. The molecule has 3 fully saturated rings. The largest absolute Gasteiger partial charge is 0.387 e. The molecule has 0 aromatic heterocycles. The summed E-state index contributed by atoms with van der Waals surface area (Å²) in [6, 6.07) is 0.846. The summed E-state index contributed by atoms with van der Waals surface area (Å²) in [6.45, 7) is 6.80. The molecule has 3 saturated heterocycles. The van der Waals surface area contributed by atoms with E-state index in [1.54, 1.807) is 0 Å². The number of piperidine rings is 1. The highest BCUT2D eigenvalue weighted by Crippen LogP contribution is 2.36. The van der Waals surface area contributed by atoms with Gasteiger partial charge in [0.1, 0.15) is 11.7 Å². The Kier molecular flexibility index (Phi) is 7.86. The zero-order valence-corrected chi connectivity index (χ0v) is 20.8. The van der Waals surface area contributed by atoms with E-state index in [4.69, 9.17) is 16.6 Å². The molecule has 0 bridgehead atoms. The van der Waals surface area contributed by atoms with E-state index in [9.17, 15) is 0 Å². The van der Waals surface area contributed by atoms with Gasteiger partial charge < -0.3 is 31.2 Å². The number of piperazine rings is 1. The molecule has 4 aliphatic rings. The second-order valence-electron chi connectivity index (χ2n) is 9.76. The van der Waals surface area contributed by atoms with E-state index in [2.05, 4.69) is 52.2 Å². The lowest BCUT2D eigenvalue weighted by atomic mass is 9.77. The lowest BCUT2D eigenvalue weighted by Gasteiger charge is -2.44. The van der Waals surface area contributed by atoms with E-state index in [0.717, 1.165) is 56.0 Å². The maximum atomic E-state index is 8.54. The number of likely N-dealkylation sites (N-methyl/N-ethyl adjacent to an activating group) is 1. The van der Waals surface area contributed by atoms with Crippen LogP contribution in [0.25, 0.3) is 0 Å². The molecular formula is C25H39N7S. The molecule has 8 heteroatoms. The van der Waals surface area contributed by atoms with E-state index in [-0.39, 0.29) is 0 Å². The Morgan fingerprint density at radius 1 is 1.24 bits per heavy atom. The van der Waals surface area contributed by atoms with Crippen molar-refractivity contribution in [3.63, 3.8) is 0 Å². The van der Waals surface area contributed by atoms with Gasteiger partial charge in [-0.15, -0.1) is 0 Å². The number of thioether (sulfide) groups is 1. The number of allylic oxidation sites excluding steroid dienone is 4. The van der Waals surface area contributed by atoms with Gasteiger partial charge in [0.2, 0.25) is 0 Å². The maximum absolute atomic E-state index is 8.54. The van der Waals surface area contributed by atoms with Crippen LogP contribution in [0.15, 0.2) is 47.5 Å². The summed E-state index contributed by atoms with van der Waals surface area (Å²) in [5.41, 5.74) is 8.60. The van der Waals surface area contributed by atoms with E-state index in [1.807, 2.05) is 24.0 Å². The summed E-state index contributed by atoms with van der Waals surface area (Å²) in [5, 5.41) is 20.0. The second kappa shape index (κ2) is 10.8. The van der Waals surface area contributed by atoms with Crippen molar-refractivity contribution in [1.29, 1.82) is 10.8 Å². The number of nitrogens with two attached hydrogens (primary N) is 1. The van der Waals surface area contributed by atoms with Crippen molar-refractivity contribution in [3.05, 3.63) is 47.5 Å². The van der Waals surface area contributed by atoms with Crippen LogP contribution in [0.3, 0.4) is 0 Å². The van der Waals surface area contributed by atoms with Gasteiger partial charge >= 0.3 is 0 Å². The maximum Gasteiger partial charge on any atom is 0.124 e. The van der Waals surface area contributed by atoms with Gasteiger partial charge in [-0.2, -0.15) is 11.8 Å². The number of nitrogens with zero attached hydrogens (tertiary/aromatic N) is 3. The van der Waals surface area contributed by atoms with Crippen LogP contribution in [0.5, 0.6) is 0 Å². The first kappa shape index (κ1) is 24.0. The summed E-state index contributed by atoms with van der Waals surface area (Å²) in [4.78, 5) is 6.67. The first-order chi connectivity index (χ1) is 15.9. The molecule has 0 spiro atoms. The van der Waals surface area contributed by atoms with Gasteiger partial charge in [-0.25, -0.2) is 0 Å². The fourth-order valence-electron chi connectivity index (χ4n) is 5.15. The minimum Gasteiger partial charge on any atom is -0.387 e. The van der Waals surface area contributed by atoms with Gasteiger partial charge in [0.25, 0.3) is 0 Å². The normalized spacial score (nSPS) is 31.3. The summed E-state index contributed by atoms with van der Waals surface area (Å²) in [5.74, 6) is 4.42. The van der Waals surface area contributed by atoms with Crippen molar-refractivity contribution in [2.24, 2.45) is 17.6 Å². The predicted octanol–water partition coefficient (Wildman–Crippen LogP) is 2.46. The van der Waals surface area contributed by atoms with Crippen LogP contribution in [-0.2, 0) is 0 Å². The number of hydrogen-bond donors (Lipinski definition) is 4. The number of nitrogens with one attached hydrogen (secondary N) is 3. The highest BCUT2D eigenvalue weighted by molar-refractivity contribution is 7.99. The van der Waals surface area contributed by atoms with Gasteiger partial charge in [0.15, 0.2) is 0 Å².